The van der Waals surface area contributed by atoms with E-state index in [2.05, 4.69) is 47.1 Å². The van der Waals surface area contributed by atoms with Gasteiger partial charge in [-0.05, 0) is 120 Å². The van der Waals surface area contributed by atoms with E-state index in [0.717, 1.165) is 25.9 Å². The number of ketones is 2. The van der Waals surface area contributed by atoms with Crippen LogP contribution in [0, 0.1) is 28.6 Å². The highest BCUT2D eigenvalue weighted by molar-refractivity contribution is 8.00. The predicted molar refractivity (Wildman–Crippen MR) is 319 cm³/mol. The summed E-state index contributed by atoms with van der Waals surface area (Å²) in [6.45, 7) is 8.73. The summed E-state index contributed by atoms with van der Waals surface area (Å²) >= 11 is 6.88. The molecule has 4 aliphatic rings. The highest BCUT2D eigenvalue weighted by Crippen LogP contribution is 2.70. The third kappa shape index (κ3) is 12.8. The molecule has 8 atom stereocenters. The minimum absolute atomic E-state index is 0.0498. The van der Waals surface area contributed by atoms with Crippen LogP contribution in [0.2, 0.25) is 0 Å². The molecule has 0 spiro atoms. The molecular weight excluding hydrogens is 1110 g/mol. The molecule has 0 unspecified atom stereocenters. The van der Waals surface area contributed by atoms with E-state index in [1.807, 2.05) is 20.9 Å². The molecule has 3 fully saturated rings. The number of hydrogen-bond donors (Lipinski definition) is 9. The molecule has 3 saturated carbocycles. The number of aliphatic hydroxyl groups is 2. The highest BCUT2D eigenvalue weighted by Gasteiger charge is 2.75. The number of allylic oxidation sites excluding steroid dienone is 4. The lowest BCUT2D eigenvalue weighted by molar-refractivity contribution is -0.218. The van der Waals surface area contributed by atoms with Crippen molar-refractivity contribution in [2.24, 2.45) is 56.8 Å². The maximum atomic E-state index is 17.5. The van der Waals surface area contributed by atoms with Crippen molar-refractivity contribution < 1.29 is 48.2 Å². The Morgan fingerprint density at radius 3 is 1.95 bits per heavy atom. The first-order chi connectivity index (χ1) is 39.3. The lowest BCUT2D eigenvalue weighted by atomic mass is 9.44. The van der Waals surface area contributed by atoms with Gasteiger partial charge < -0.3 is 70.6 Å². The number of thioether (sulfide) groups is 1. The predicted octanol–water partition coefficient (Wildman–Crippen LogP) is 4.25. The average Bonchev–Trinajstić information content (AvgIpc) is 1.69. The van der Waals surface area contributed by atoms with E-state index in [0.29, 0.717) is 72.4 Å². The smallest absolute Gasteiger partial charge is 0.291 e. The molecule has 83 heavy (non-hydrogen) atoms. The van der Waals surface area contributed by atoms with Crippen LogP contribution in [0.1, 0.15) is 108 Å². The van der Waals surface area contributed by atoms with Gasteiger partial charge in [-0.1, -0.05) is 25.5 Å². The Morgan fingerprint density at radius 2 is 1.36 bits per heavy atom. The Kier molecular flexibility index (Phi) is 19.1. The molecule has 4 aliphatic carbocycles. The van der Waals surface area contributed by atoms with Gasteiger partial charge in [0, 0.05) is 114 Å². The number of rotatable bonds is 24. The number of nitrogens with zero attached hydrogens (tertiary/aromatic N) is 6. The lowest BCUT2D eigenvalue weighted by Gasteiger charge is -2.62. The van der Waals surface area contributed by atoms with E-state index < -0.39 is 63.7 Å². The number of aromatic nitrogens is 5. The van der Waals surface area contributed by atoms with E-state index >= 15 is 4.39 Å². The summed E-state index contributed by atoms with van der Waals surface area (Å²) in [6.07, 6.45) is 14.0. The van der Waals surface area contributed by atoms with Crippen molar-refractivity contribution in [3.8, 4) is 0 Å². The van der Waals surface area contributed by atoms with E-state index in [1.165, 1.54) is 48.3 Å². The summed E-state index contributed by atoms with van der Waals surface area (Å²) in [6, 6.07) is 4.57. The fourth-order valence-electron chi connectivity index (χ4n) is 13.2. The SMILES string of the molecule is C[C@@H]1C[C@H]2[C@@H]3CCC4=CC(=O)C=C[C@]4(C)[C@@]3(F)[C@@H](O)C[C@]2(C)[C@@]1(O)C(=O)CSCCNC(=S)NCCCN(C)CCCNC(=O)CCNC(=O)c1cc(NC(=O)c2cc(NC(=O)c3cc(NC(=O)c4nccn4C)cn3C)cn2C)cn1C. The van der Waals surface area contributed by atoms with Gasteiger partial charge in [-0.2, -0.15) is 11.8 Å². The number of aliphatic hydroxyl groups excluding tert-OH is 1. The van der Waals surface area contributed by atoms with Crippen molar-refractivity contribution in [3.05, 3.63) is 95.9 Å². The van der Waals surface area contributed by atoms with Crippen LogP contribution < -0.4 is 37.2 Å². The number of nitrogens with one attached hydrogen (secondary N) is 7. The third-order valence-corrected chi connectivity index (χ3v) is 18.8. The largest absolute Gasteiger partial charge is 0.390 e. The zero-order valence-corrected chi connectivity index (χ0v) is 50.0. The van der Waals surface area contributed by atoms with Crippen molar-refractivity contribution in [1.29, 1.82) is 0 Å². The van der Waals surface area contributed by atoms with Crippen LogP contribution in [-0.2, 0) is 42.6 Å². The number of alkyl halides is 1. The number of anilines is 3. The summed E-state index contributed by atoms with van der Waals surface area (Å²) in [5, 5.41) is 44.8. The van der Waals surface area contributed by atoms with Gasteiger partial charge in [-0.3, -0.25) is 33.6 Å². The molecule has 8 rings (SSSR count). The molecule has 5 amide bonds. The molecule has 9 N–H and O–H groups in total. The van der Waals surface area contributed by atoms with Crippen LogP contribution in [-0.4, -0.2) is 160 Å². The second-order valence-electron chi connectivity index (χ2n) is 23.1. The number of amides is 5. The quantitative estimate of drug-likeness (QED) is 0.0350. The maximum absolute atomic E-state index is 17.5. The summed E-state index contributed by atoms with van der Waals surface area (Å²) < 4.78 is 23.8. The molecule has 0 radical (unpaired) electrons. The number of imidazole rings is 1. The van der Waals surface area contributed by atoms with E-state index in [-0.39, 0.29) is 71.4 Å². The molecule has 0 bridgehead atoms. The normalized spacial score (nSPS) is 25.2. The van der Waals surface area contributed by atoms with E-state index in [9.17, 15) is 43.8 Å². The Labute approximate surface area is 492 Å². The minimum atomic E-state index is -2.02. The Hall–Kier alpha value is -6.93. The molecule has 4 aromatic heterocycles. The number of aryl methyl sites for hydroxylation is 4. The second kappa shape index (κ2) is 25.5. The van der Waals surface area contributed by atoms with Gasteiger partial charge in [-0.25, -0.2) is 9.37 Å². The van der Waals surface area contributed by atoms with Gasteiger partial charge in [0.25, 0.3) is 23.6 Å². The maximum Gasteiger partial charge on any atom is 0.291 e. The summed E-state index contributed by atoms with van der Waals surface area (Å²) in [4.78, 5) is 97.2. The first-order valence-corrected chi connectivity index (χ1v) is 29.7. The average molecular weight is 1180 g/mol. The van der Waals surface area contributed by atoms with Crippen LogP contribution in [0.5, 0.6) is 0 Å². The first kappa shape index (κ1) is 62.1. The van der Waals surface area contributed by atoms with Gasteiger partial charge in [0.1, 0.15) is 22.7 Å². The first-order valence-electron chi connectivity index (χ1n) is 28.1. The number of carbonyl (C=O) groups is 7. The van der Waals surface area contributed by atoms with Crippen molar-refractivity contribution in [3.63, 3.8) is 0 Å². The Morgan fingerprint density at radius 1 is 0.795 bits per heavy atom. The van der Waals surface area contributed by atoms with Crippen molar-refractivity contribution in [1.82, 2.24) is 49.4 Å². The minimum Gasteiger partial charge on any atom is -0.390 e. The lowest BCUT2D eigenvalue weighted by Crippen LogP contribution is -2.69. The Balaban J connectivity index is 0.659. The molecular formula is C58H78FN13O9S2. The van der Waals surface area contributed by atoms with Gasteiger partial charge in [0.2, 0.25) is 5.91 Å². The summed E-state index contributed by atoms with van der Waals surface area (Å²) in [7, 11) is 8.69. The molecule has 0 aliphatic heterocycles. The van der Waals surface area contributed by atoms with Crippen LogP contribution in [0.3, 0.4) is 0 Å². The molecule has 0 aromatic carbocycles. The Bertz CT molecular complexity index is 3220. The van der Waals surface area contributed by atoms with Crippen molar-refractivity contribution in [2.75, 3.05) is 73.8 Å². The van der Waals surface area contributed by atoms with E-state index in [1.54, 1.807) is 84.2 Å². The van der Waals surface area contributed by atoms with Crippen molar-refractivity contribution >= 4 is 87.3 Å². The highest BCUT2D eigenvalue weighted by atomic mass is 32.2. The number of carbonyl (C=O) groups excluding carboxylic acids is 7. The molecule has 22 nitrogen and oxygen atoms in total. The molecule has 4 heterocycles. The molecule has 4 aromatic rings. The molecule has 448 valence electrons. The molecule has 0 saturated heterocycles. The van der Waals surface area contributed by atoms with Gasteiger partial charge in [-0.15, -0.1) is 0 Å². The molecule has 25 heteroatoms. The van der Waals surface area contributed by atoms with Crippen LogP contribution >= 0.6 is 24.0 Å². The van der Waals surface area contributed by atoms with Crippen LogP contribution in [0.25, 0.3) is 0 Å². The number of hydrogen-bond acceptors (Lipinski definition) is 13. The number of halogens is 1. The second-order valence-corrected chi connectivity index (χ2v) is 24.6. The fourth-order valence-corrected chi connectivity index (χ4v) is 14.2. The van der Waals surface area contributed by atoms with Gasteiger partial charge in [0.05, 0.1) is 28.9 Å². The third-order valence-electron chi connectivity index (χ3n) is 17.6. The van der Waals surface area contributed by atoms with Crippen LogP contribution in [0.4, 0.5) is 21.5 Å². The topological polar surface area (TPSA) is 280 Å². The monoisotopic (exact) mass is 1180 g/mol. The summed E-state index contributed by atoms with van der Waals surface area (Å²) in [5.74, 6) is -2.93. The zero-order valence-electron chi connectivity index (χ0n) is 48.4. The number of fused-ring (bicyclic) bond motifs is 5. The van der Waals surface area contributed by atoms with Crippen molar-refractivity contribution in [2.45, 2.75) is 83.1 Å². The number of Topliss-reactive ketones (excluding diaryl/α,β-unsaturated/α-hetero) is 1. The fraction of sp³-hybridized carbons (Fsp3) is 0.534. The summed E-state index contributed by atoms with van der Waals surface area (Å²) in [5.41, 5.74) is -3.29. The van der Waals surface area contributed by atoms with Gasteiger partial charge in [0.15, 0.2) is 28.2 Å². The van der Waals surface area contributed by atoms with Gasteiger partial charge >= 0.3 is 0 Å². The zero-order chi connectivity index (χ0) is 60.2. The van der Waals surface area contributed by atoms with E-state index in [4.69, 9.17) is 12.2 Å². The standard InChI is InChI=1S/C58H78FN13O9S2/c1-35-25-42-41-12-11-36-26-40(73)13-15-55(36,2)57(41,59)46(74)30-56(42,3)58(35,81)47(75)34-83-24-20-64-54(82)63-17-10-22-68(4)21-9-16-60-48(76)14-18-62-50(77)43-27-37(31-70(43)6)65-51(78)44-28-38(32-71(44)7)66-52(79)45-29-39(33-72(45)8)67-53(80)49-61-19-23-69(49)5/h13,15,19,23,26-29,31-33,35,41-42,46,74,81H,9-12,14,16-18,20-22,24-25,30,34H2,1-8H3,(H,60,76)(H,62,77)(H,65,78)(H,66,79)(H,67,80)(H2,63,64,82)/t35-,41+,42+,46+,55+,56+,57+,58+/m1/s1. The van der Waals surface area contributed by atoms with Crippen LogP contribution in [0.15, 0.2) is 73.0 Å². The number of thiocarbonyl (C=S) groups is 1.